The van der Waals surface area contributed by atoms with Crippen molar-refractivity contribution in [2.45, 2.75) is 25.3 Å². The monoisotopic (exact) mass is 247 g/mol. The number of halogens is 2. The first-order valence-electron chi connectivity index (χ1n) is 4.88. The fourth-order valence-corrected chi connectivity index (χ4v) is 1.75. The van der Waals surface area contributed by atoms with E-state index in [1.54, 1.807) is 12.4 Å². The van der Waals surface area contributed by atoms with E-state index in [2.05, 4.69) is 10.4 Å². The molecular formula is C10H15Cl2N3. The van der Waals surface area contributed by atoms with Crippen LogP contribution < -0.4 is 11.3 Å². The molecule has 0 amide bonds. The quantitative estimate of drug-likeness (QED) is 0.460. The van der Waals surface area contributed by atoms with Gasteiger partial charge in [-0.3, -0.25) is 16.3 Å². The van der Waals surface area contributed by atoms with Crippen molar-refractivity contribution in [2.75, 3.05) is 5.88 Å². The summed E-state index contributed by atoms with van der Waals surface area (Å²) in [5.41, 5.74) is 3.83. The van der Waals surface area contributed by atoms with Gasteiger partial charge in [0.25, 0.3) is 0 Å². The van der Waals surface area contributed by atoms with Gasteiger partial charge in [-0.25, -0.2) is 0 Å². The third kappa shape index (κ3) is 4.34. The molecule has 0 fully saturated rings. The molecule has 0 aromatic carbocycles. The van der Waals surface area contributed by atoms with Crippen LogP contribution in [0.25, 0.3) is 0 Å². The van der Waals surface area contributed by atoms with Gasteiger partial charge in [-0.15, -0.1) is 11.6 Å². The maximum atomic E-state index is 6.00. The smallest absolute Gasteiger partial charge is 0.0621 e. The molecule has 1 aromatic rings. The van der Waals surface area contributed by atoms with Crippen LogP contribution in [0.3, 0.4) is 0 Å². The van der Waals surface area contributed by atoms with Crippen LogP contribution in [0, 0.1) is 0 Å². The molecule has 0 saturated heterocycles. The summed E-state index contributed by atoms with van der Waals surface area (Å²) in [4.78, 5) is 3.94. The van der Waals surface area contributed by atoms with Crippen molar-refractivity contribution in [2.24, 2.45) is 5.84 Å². The van der Waals surface area contributed by atoms with E-state index in [-0.39, 0.29) is 6.04 Å². The molecule has 3 nitrogen and oxygen atoms in total. The largest absolute Gasteiger partial charge is 0.271 e. The summed E-state index contributed by atoms with van der Waals surface area (Å²) in [5, 5.41) is 0.684. The summed E-state index contributed by atoms with van der Waals surface area (Å²) in [6.45, 7) is 0. The van der Waals surface area contributed by atoms with E-state index < -0.39 is 0 Å². The third-order valence-corrected chi connectivity index (χ3v) is 2.85. The first-order valence-corrected chi connectivity index (χ1v) is 5.79. The second-order valence-corrected chi connectivity index (χ2v) is 4.15. The lowest BCUT2D eigenvalue weighted by molar-refractivity contribution is 0.487. The van der Waals surface area contributed by atoms with Crippen molar-refractivity contribution in [1.82, 2.24) is 10.4 Å². The number of hydrazine groups is 1. The fourth-order valence-electron chi connectivity index (χ4n) is 1.40. The van der Waals surface area contributed by atoms with Crippen molar-refractivity contribution >= 4 is 23.2 Å². The van der Waals surface area contributed by atoms with Crippen molar-refractivity contribution in [3.05, 3.63) is 29.0 Å². The minimum absolute atomic E-state index is 0.212. The van der Waals surface area contributed by atoms with Crippen LogP contribution in [-0.4, -0.2) is 16.9 Å². The molecular weight excluding hydrogens is 233 g/mol. The fraction of sp³-hybridized carbons (Fsp3) is 0.500. The van der Waals surface area contributed by atoms with E-state index in [1.165, 1.54) is 0 Å². The van der Waals surface area contributed by atoms with Crippen LogP contribution in [0.15, 0.2) is 18.5 Å². The van der Waals surface area contributed by atoms with E-state index in [0.717, 1.165) is 24.8 Å². The van der Waals surface area contributed by atoms with E-state index in [1.807, 2.05) is 6.07 Å². The maximum absolute atomic E-state index is 6.00. The minimum Gasteiger partial charge on any atom is -0.271 e. The Morgan fingerprint density at radius 2 is 2.33 bits per heavy atom. The predicted molar refractivity (Wildman–Crippen MR) is 64.0 cm³/mol. The summed E-state index contributed by atoms with van der Waals surface area (Å²) >= 11 is 11.6. The Labute approximate surface area is 99.9 Å². The Balaban J connectivity index is 2.54. The molecule has 3 N–H and O–H groups in total. The number of hydrogen-bond donors (Lipinski definition) is 2. The van der Waals surface area contributed by atoms with Crippen LogP contribution in [0.5, 0.6) is 0 Å². The average Bonchev–Trinajstić information content (AvgIpc) is 2.26. The molecule has 1 aromatic heterocycles. The number of nitrogens with one attached hydrogen (secondary N) is 1. The van der Waals surface area contributed by atoms with Crippen molar-refractivity contribution in [3.63, 3.8) is 0 Å². The second-order valence-electron chi connectivity index (χ2n) is 3.37. The summed E-state index contributed by atoms with van der Waals surface area (Å²) < 4.78 is 0. The molecule has 1 unspecified atom stereocenters. The van der Waals surface area contributed by atoms with Gasteiger partial charge in [-0.2, -0.15) is 0 Å². The van der Waals surface area contributed by atoms with E-state index >= 15 is 0 Å². The first kappa shape index (κ1) is 12.7. The van der Waals surface area contributed by atoms with E-state index in [4.69, 9.17) is 29.0 Å². The molecule has 0 spiro atoms. The topological polar surface area (TPSA) is 50.9 Å². The lowest BCUT2D eigenvalue weighted by atomic mass is 10.0. The molecule has 0 saturated carbocycles. The van der Waals surface area contributed by atoms with Gasteiger partial charge in [0.15, 0.2) is 0 Å². The Morgan fingerprint density at radius 3 is 2.93 bits per heavy atom. The Bertz CT molecular complexity index is 294. The minimum atomic E-state index is 0.212. The maximum Gasteiger partial charge on any atom is 0.0621 e. The Morgan fingerprint density at radius 1 is 1.53 bits per heavy atom. The molecule has 0 aliphatic rings. The molecule has 0 radical (unpaired) electrons. The van der Waals surface area contributed by atoms with Gasteiger partial charge in [0, 0.05) is 24.3 Å². The number of aromatic nitrogens is 1. The highest BCUT2D eigenvalue weighted by Gasteiger charge is 2.09. The number of pyridine rings is 1. The van der Waals surface area contributed by atoms with Gasteiger partial charge in [-0.1, -0.05) is 11.6 Å². The lowest BCUT2D eigenvalue weighted by Gasteiger charge is -2.15. The highest BCUT2D eigenvalue weighted by molar-refractivity contribution is 6.31. The van der Waals surface area contributed by atoms with Crippen LogP contribution in [0.4, 0.5) is 0 Å². The number of rotatable bonds is 6. The summed E-state index contributed by atoms with van der Waals surface area (Å²) in [7, 11) is 0. The second kappa shape index (κ2) is 7.01. The molecule has 5 heteroatoms. The van der Waals surface area contributed by atoms with Crippen molar-refractivity contribution in [1.29, 1.82) is 0 Å². The SMILES string of the molecule is NNC(CCCCl)Cc1ccncc1Cl. The zero-order valence-corrected chi connectivity index (χ0v) is 9.93. The molecule has 1 heterocycles. The van der Waals surface area contributed by atoms with E-state index in [9.17, 15) is 0 Å². The number of alkyl halides is 1. The van der Waals surface area contributed by atoms with Crippen molar-refractivity contribution < 1.29 is 0 Å². The highest BCUT2D eigenvalue weighted by Crippen LogP contribution is 2.16. The molecule has 0 aliphatic heterocycles. The molecule has 0 aliphatic carbocycles. The summed E-state index contributed by atoms with van der Waals surface area (Å²) in [6, 6.07) is 2.12. The number of nitrogens with zero attached hydrogens (tertiary/aromatic N) is 1. The lowest BCUT2D eigenvalue weighted by Crippen LogP contribution is -2.36. The van der Waals surface area contributed by atoms with Crippen LogP contribution in [-0.2, 0) is 6.42 Å². The number of hydrogen-bond acceptors (Lipinski definition) is 3. The standard InChI is InChI=1S/C10H15Cl2N3/c11-4-1-2-9(15-13)6-8-3-5-14-7-10(8)12/h3,5,7,9,15H,1-2,4,6,13H2. The van der Waals surface area contributed by atoms with Gasteiger partial charge in [0.1, 0.15) is 0 Å². The average molecular weight is 248 g/mol. The highest BCUT2D eigenvalue weighted by atomic mass is 35.5. The summed E-state index contributed by atoms with van der Waals surface area (Å²) in [6.07, 6.45) is 6.06. The van der Waals surface area contributed by atoms with Crippen molar-refractivity contribution in [3.8, 4) is 0 Å². The van der Waals surface area contributed by atoms with E-state index in [0.29, 0.717) is 10.9 Å². The van der Waals surface area contributed by atoms with Gasteiger partial charge in [0.05, 0.1) is 5.02 Å². The molecule has 15 heavy (non-hydrogen) atoms. The Hall–Kier alpha value is -0.350. The van der Waals surface area contributed by atoms with Crippen LogP contribution in [0.2, 0.25) is 5.02 Å². The van der Waals surface area contributed by atoms with Gasteiger partial charge >= 0.3 is 0 Å². The third-order valence-electron chi connectivity index (χ3n) is 2.24. The van der Waals surface area contributed by atoms with Crippen LogP contribution in [0.1, 0.15) is 18.4 Å². The van der Waals surface area contributed by atoms with Gasteiger partial charge in [0.2, 0.25) is 0 Å². The Kier molecular flexibility index (Phi) is 5.95. The first-order chi connectivity index (χ1) is 7.27. The molecule has 1 atom stereocenters. The molecule has 0 bridgehead atoms. The van der Waals surface area contributed by atoms with Gasteiger partial charge < -0.3 is 0 Å². The summed E-state index contributed by atoms with van der Waals surface area (Å²) in [5.74, 6) is 6.11. The zero-order valence-electron chi connectivity index (χ0n) is 8.42. The zero-order chi connectivity index (χ0) is 11.1. The van der Waals surface area contributed by atoms with Gasteiger partial charge in [-0.05, 0) is 30.9 Å². The molecule has 1 rings (SSSR count). The van der Waals surface area contributed by atoms with Crippen LogP contribution >= 0.6 is 23.2 Å². The number of nitrogens with two attached hydrogens (primary N) is 1. The molecule has 84 valence electrons. The predicted octanol–water partition coefficient (Wildman–Crippen LogP) is 2.13. The normalized spacial score (nSPS) is 12.7.